The molecule has 2 saturated heterocycles. The zero-order chi connectivity index (χ0) is 20.6. The highest BCUT2D eigenvalue weighted by molar-refractivity contribution is 8.00. The number of aliphatic hydroxyl groups excluding tert-OH is 1. The second-order valence-corrected chi connectivity index (χ2v) is 9.62. The second kappa shape index (κ2) is 11.0. The van der Waals surface area contributed by atoms with Crippen LogP contribution >= 0.6 is 11.8 Å². The maximum absolute atomic E-state index is 10.3. The second-order valence-electron chi connectivity index (χ2n) is 8.33. The Morgan fingerprint density at radius 2 is 1.80 bits per heavy atom. The van der Waals surface area contributed by atoms with Crippen molar-refractivity contribution in [3.05, 3.63) is 60.2 Å². The van der Waals surface area contributed by atoms with Crippen LogP contribution in [0.1, 0.15) is 18.4 Å². The fraction of sp³-hybridized carbons (Fsp3) is 0.500. The molecule has 162 valence electrons. The zero-order valence-corrected chi connectivity index (χ0v) is 18.4. The Morgan fingerprint density at radius 3 is 2.50 bits per heavy atom. The Morgan fingerprint density at radius 1 is 1.03 bits per heavy atom. The van der Waals surface area contributed by atoms with E-state index in [0.29, 0.717) is 19.1 Å². The Balaban J connectivity index is 1.15. The summed E-state index contributed by atoms with van der Waals surface area (Å²) in [5, 5.41) is 21.2. The first kappa shape index (κ1) is 21.5. The van der Waals surface area contributed by atoms with Gasteiger partial charge in [0.2, 0.25) is 0 Å². The number of thioether (sulfide) groups is 1. The Hall–Kier alpha value is -1.73. The third-order valence-electron chi connectivity index (χ3n) is 6.01. The van der Waals surface area contributed by atoms with Crippen molar-refractivity contribution in [3.63, 3.8) is 0 Å². The largest absolute Gasteiger partial charge is 0.390 e. The van der Waals surface area contributed by atoms with Crippen molar-refractivity contribution in [2.45, 2.75) is 36.7 Å². The van der Waals surface area contributed by atoms with E-state index in [1.54, 1.807) is 0 Å². The lowest BCUT2D eigenvalue weighted by atomic mass is 10.0. The smallest absolute Gasteiger partial charge is 0.0836 e. The van der Waals surface area contributed by atoms with E-state index in [1.165, 1.54) is 11.3 Å². The lowest BCUT2D eigenvalue weighted by molar-refractivity contribution is 0.176. The molecule has 0 radical (unpaired) electrons. The molecule has 2 aromatic rings. The van der Waals surface area contributed by atoms with Crippen LogP contribution in [0.15, 0.2) is 54.6 Å². The summed E-state index contributed by atoms with van der Waals surface area (Å²) in [7, 11) is 0. The standard InChI is InChI=1S/C24H34N4OS/c29-23(15-26-20-4-2-1-3-5-20)16-27-21-10-12-28(13-11-21)22-8-6-19(7-9-22)14-24-17-25-18-30-24/h1-9,21,23-27,29H,10-18H2/t23-,24?/m1/s1. The zero-order valence-electron chi connectivity index (χ0n) is 17.6. The van der Waals surface area contributed by atoms with Gasteiger partial charge in [-0.2, -0.15) is 0 Å². The molecule has 2 fully saturated rings. The van der Waals surface area contributed by atoms with Crippen LogP contribution in [-0.4, -0.2) is 61.1 Å². The average molecular weight is 427 g/mol. The van der Waals surface area contributed by atoms with Crippen molar-refractivity contribution in [2.75, 3.05) is 48.8 Å². The van der Waals surface area contributed by atoms with Crippen molar-refractivity contribution < 1.29 is 5.11 Å². The van der Waals surface area contributed by atoms with Crippen LogP contribution in [0.4, 0.5) is 11.4 Å². The number of para-hydroxylation sites is 1. The molecule has 0 aliphatic carbocycles. The highest BCUT2D eigenvalue weighted by Gasteiger charge is 2.20. The number of nitrogens with one attached hydrogen (secondary N) is 3. The van der Waals surface area contributed by atoms with Gasteiger partial charge in [0.05, 0.1) is 6.10 Å². The summed E-state index contributed by atoms with van der Waals surface area (Å²) in [5.74, 6) is 1.09. The Bertz CT molecular complexity index is 744. The molecule has 0 amide bonds. The van der Waals surface area contributed by atoms with Crippen LogP contribution in [0.25, 0.3) is 0 Å². The van der Waals surface area contributed by atoms with E-state index < -0.39 is 0 Å². The fourth-order valence-electron chi connectivity index (χ4n) is 4.20. The van der Waals surface area contributed by atoms with Crippen molar-refractivity contribution in [2.24, 2.45) is 0 Å². The molecular formula is C24H34N4OS. The van der Waals surface area contributed by atoms with Crippen LogP contribution in [0.5, 0.6) is 0 Å². The molecule has 4 N–H and O–H groups in total. The van der Waals surface area contributed by atoms with Crippen molar-refractivity contribution in [1.82, 2.24) is 10.6 Å². The van der Waals surface area contributed by atoms with Crippen LogP contribution in [0.2, 0.25) is 0 Å². The first-order valence-corrected chi connectivity index (χ1v) is 12.2. The topological polar surface area (TPSA) is 59.6 Å². The summed E-state index contributed by atoms with van der Waals surface area (Å²) in [4.78, 5) is 2.49. The van der Waals surface area contributed by atoms with Crippen molar-refractivity contribution in [1.29, 1.82) is 0 Å². The number of rotatable bonds is 9. The molecule has 2 heterocycles. The van der Waals surface area contributed by atoms with Gasteiger partial charge in [-0.1, -0.05) is 30.3 Å². The molecule has 0 aromatic heterocycles. The minimum atomic E-state index is -0.385. The summed E-state index contributed by atoms with van der Waals surface area (Å²) in [5.41, 5.74) is 3.82. The van der Waals surface area contributed by atoms with Gasteiger partial charge in [-0.05, 0) is 49.1 Å². The summed E-state index contributed by atoms with van der Waals surface area (Å²) in [6.45, 7) is 4.46. The van der Waals surface area contributed by atoms with Crippen LogP contribution in [0, 0.1) is 0 Å². The molecule has 0 saturated carbocycles. The van der Waals surface area contributed by atoms with Crippen LogP contribution in [0.3, 0.4) is 0 Å². The number of benzene rings is 2. The van der Waals surface area contributed by atoms with E-state index in [2.05, 4.69) is 45.1 Å². The van der Waals surface area contributed by atoms with E-state index in [0.717, 1.165) is 55.7 Å². The normalized spacial score (nSPS) is 21.0. The number of anilines is 2. The molecule has 0 bridgehead atoms. The van der Waals surface area contributed by atoms with Gasteiger partial charge in [-0.3, -0.25) is 0 Å². The molecule has 6 heteroatoms. The molecule has 4 rings (SSSR count). The molecule has 30 heavy (non-hydrogen) atoms. The van der Waals surface area contributed by atoms with E-state index in [1.807, 2.05) is 42.1 Å². The minimum absolute atomic E-state index is 0.385. The molecule has 2 aromatic carbocycles. The SMILES string of the molecule is O[C@H](CNc1ccccc1)CNC1CCN(c2ccc(CC3CNCS3)cc2)CC1. The minimum Gasteiger partial charge on any atom is -0.390 e. The maximum Gasteiger partial charge on any atom is 0.0836 e. The maximum atomic E-state index is 10.3. The molecule has 1 unspecified atom stereocenters. The van der Waals surface area contributed by atoms with E-state index in [-0.39, 0.29) is 6.10 Å². The van der Waals surface area contributed by atoms with Gasteiger partial charge in [0.1, 0.15) is 0 Å². The van der Waals surface area contributed by atoms with Gasteiger partial charge >= 0.3 is 0 Å². The molecule has 0 spiro atoms. The predicted octanol–water partition coefficient (Wildman–Crippen LogP) is 2.92. The fourth-order valence-corrected chi connectivity index (χ4v) is 5.22. The van der Waals surface area contributed by atoms with Gasteiger partial charge < -0.3 is 26.0 Å². The summed E-state index contributed by atoms with van der Waals surface area (Å²) < 4.78 is 0. The highest BCUT2D eigenvalue weighted by Crippen LogP contribution is 2.23. The summed E-state index contributed by atoms with van der Waals surface area (Å²) in [6.07, 6.45) is 3.01. The molecule has 2 aliphatic heterocycles. The number of aliphatic hydroxyl groups is 1. The average Bonchev–Trinajstić information content (AvgIpc) is 3.31. The van der Waals surface area contributed by atoms with E-state index >= 15 is 0 Å². The monoisotopic (exact) mass is 426 g/mol. The molecule has 2 atom stereocenters. The lowest BCUT2D eigenvalue weighted by Gasteiger charge is -2.34. The Kier molecular flexibility index (Phi) is 7.92. The number of hydrogen-bond acceptors (Lipinski definition) is 6. The predicted molar refractivity (Wildman–Crippen MR) is 129 cm³/mol. The number of nitrogens with zero attached hydrogens (tertiary/aromatic N) is 1. The van der Waals surface area contributed by atoms with Gasteiger partial charge in [-0.25, -0.2) is 0 Å². The van der Waals surface area contributed by atoms with Crippen molar-refractivity contribution in [3.8, 4) is 0 Å². The van der Waals surface area contributed by atoms with E-state index in [4.69, 9.17) is 0 Å². The molecule has 2 aliphatic rings. The first-order valence-electron chi connectivity index (χ1n) is 11.1. The van der Waals surface area contributed by atoms with Gasteiger partial charge in [-0.15, -0.1) is 11.8 Å². The third kappa shape index (κ3) is 6.38. The lowest BCUT2D eigenvalue weighted by Crippen LogP contribution is -2.45. The van der Waals surface area contributed by atoms with Crippen LogP contribution < -0.4 is 20.9 Å². The van der Waals surface area contributed by atoms with Gasteiger partial charge in [0.25, 0.3) is 0 Å². The third-order valence-corrected chi connectivity index (χ3v) is 7.19. The quantitative estimate of drug-likeness (QED) is 0.495. The van der Waals surface area contributed by atoms with Gasteiger partial charge in [0.15, 0.2) is 0 Å². The molecular weight excluding hydrogens is 392 g/mol. The van der Waals surface area contributed by atoms with E-state index in [9.17, 15) is 5.11 Å². The van der Waals surface area contributed by atoms with Crippen LogP contribution in [-0.2, 0) is 6.42 Å². The van der Waals surface area contributed by atoms with Gasteiger partial charge in [0, 0.05) is 61.3 Å². The number of piperidine rings is 1. The highest BCUT2D eigenvalue weighted by atomic mass is 32.2. The molecule has 5 nitrogen and oxygen atoms in total. The summed E-state index contributed by atoms with van der Waals surface area (Å²) in [6, 6.07) is 19.7. The number of hydrogen-bond donors (Lipinski definition) is 4. The van der Waals surface area contributed by atoms with Crippen molar-refractivity contribution >= 4 is 23.1 Å². The summed E-state index contributed by atoms with van der Waals surface area (Å²) >= 11 is 2.03. The first-order chi connectivity index (χ1) is 14.8. The Labute approximate surface area is 184 Å².